The van der Waals surface area contributed by atoms with Crippen molar-refractivity contribution >= 4 is 11.6 Å². The molecule has 0 fully saturated rings. The summed E-state index contributed by atoms with van der Waals surface area (Å²) >= 11 is 5.93. The molecule has 1 aromatic rings. The Morgan fingerprint density at radius 1 is 1.50 bits per heavy atom. The van der Waals surface area contributed by atoms with Gasteiger partial charge in [-0.25, -0.2) is 4.98 Å². The highest BCUT2D eigenvalue weighted by Gasteiger charge is 2.19. The van der Waals surface area contributed by atoms with Crippen LogP contribution in [-0.4, -0.2) is 23.5 Å². The lowest BCUT2D eigenvalue weighted by Gasteiger charge is -2.27. The fourth-order valence-corrected chi connectivity index (χ4v) is 1.52. The highest BCUT2D eigenvalue weighted by Crippen LogP contribution is 2.13. The topological polar surface area (TPSA) is 34.1 Å². The first-order valence-electron chi connectivity index (χ1n) is 5.44. The van der Waals surface area contributed by atoms with E-state index in [4.69, 9.17) is 16.3 Å². The second-order valence-corrected chi connectivity index (χ2v) is 4.34. The lowest BCUT2D eigenvalue weighted by atomic mass is 10.0. The first-order chi connectivity index (χ1) is 7.63. The van der Waals surface area contributed by atoms with Gasteiger partial charge in [0, 0.05) is 24.0 Å². The lowest BCUT2D eigenvalue weighted by molar-refractivity contribution is 0.371. The molecule has 0 radical (unpaired) electrons. The number of ether oxygens (including phenoxy) is 1. The summed E-state index contributed by atoms with van der Waals surface area (Å²) in [5.41, 5.74) is 0.927. The quantitative estimate of drug-likeness (QED) is 0.779. The molecule has 0 amide bonds. The Bertz CT molecular complexity index is 327. The van der Waals surface area contributed by atoms with Gasteiger partial charge >= 0.3 is 0 Å². The van der Waals surface area contributed by atoms with Crippen LogP contribution in [0.25, 0.3) is 0 Å². The molecule has 0 spiro atoms. The van der Waals surface area contributed by atoms with E-state index in [9.17, 15) is 0 Å². The van der Waals surface area contributed by atoms with Gasteiger partial charge in [-0.2, -0.15) is 0 Å². The van der Waals surface area contributed by atoms with E-state index >= 15 is 0 Å². The molecule has 3 nitrogen and oxygen atoms in total. The van der Waals surface area contributed by atoms with Crippen LogP contribution in [0.3, 0.4) is 0 Å². The fourth-order valence-electron chi connectivity index (χ4n) is 1.24. The number of alkyl halides is 1. The van der Waals surface area contributed by atoms with Gasteiger partial charge in [-0.15, -0.1) is 11.6 Å². The van der Waals surface area contributed by atoms with Gasteiger partial charge < -0.3 is 10.1 Å². The molecule has 1 aromatic heterocycles. The predicted octanol–water partition coefficient (Wildman–Crippen LogP) is 2.59. The number of nitrogens with one attached hydrogen (secondary N) is 1. The average molecular weight is 243 g/mol. The highest BCUT2D eigenvalue weighted by atomic mass is 35.5. The van der Waals surface area contributed by atoms with Gasteiger partial charge in [0.05, 0.1) is 12.8 Å². The molecule has 0 bridgehead atoms. The van der Waals surface area contributed by atoms with Gasteiger partial charge in [-0.3, -0.25) is 0 Å². The first-order valence-corrected chi connectivity index (χ1v) is 5.98. The number of methoxy groups -OCH3 is 1. The molecule has 0 aliphatic rings. The molecule has 1 heterocycles. The largest absolute Gasteiger partial charge is 0.481 e. The van der Waals surface area contributed by atoms with Crippen LogP contribution < -0.4 is 10.1 Å². The van der Waals surface area contributed by atoms with Gasteiger partial charge in [0.2, 0.25) is 5.88 Å². The predicted molar refractivity (Wildman–Crippen MR) is 67.0 cm³/mol. The van der Waals surface area contributed by atoms with Crippen molar-refractivity contribution in [3.05, 3.63) is 23.9 Å². The molecule has 1 unspecified atom stereocenters. The molecule has 1 rings (SSSR count). The van der Waals surface area contributed by atoms with Crippen LogP contribution in [-0.2, 0) is 6.54 Å². The molecule has 0 saturated carbocycles. The smallest absolute Gasteiger partial charge is 0.213 e. The third-order valence-electron chi connectivity index (χ3n) is 2.76. The zero-order chi connectivity index (χ0) is 12.0. The van der Waals surface area contributed by atoms with E-state index in [0.717, 1.165) is 12.1 Å². The van der Waals surface area contributed by atoms with Crippen LogP contribution in [0.4, 0.5) is 0 Å². The Kier molecular flexibility index (Phi) is 5.03. The van der Waals surface area contributed by atoms with Gasteiger partial charge in [0.15, 0.2) is 0 Å². The molecular formula is C12H19ClN2O. The highest BCUT2D eigenvalue weighted by molar-refractivity contribution is 6.18. The zero-order valence-electron chi connectivity index (χ0n) is 10.1. The summed E-state index contributed by atoms with van der Waals surface area (Å²) in [7, 11) is 1.62. The second-order valence-electron chi connectivity index (χ2n) is 4.07. The molecule has 1 N–H and O–H groups in total. The van der Waals surface area contributed by atoms with Gasteiger partial charge in [-0.1, -0.05) is 13.0 Å². The molecule has 0 saturated heterocycles. The van der Waals surface area contributed by atoms with E-state index in [-0.39, 0.29) is 5.54 Å². The van der Waals surface area contributed by atoms with Crippen molar-refractivity contribution in [1.82, 2.24) is 10.3 Å². The number of rotatable bonds is 6. The summed E-state index contributed by atoms with van der Waals surface area (Å²) in [4.78, 5) is 4.34. The van der Waals surface area contributed by atoms with E-state index in [0.29, 0.717) is 18.3 Å². The number of nitrogens with zero attached hydrogens (tertiary/aromatic N) is 1. The van der Waals surface area contributed by atoms with Crippen molar-refractivity contribution in [1.29, 1.82) is 0 Å². The minimum Gasteiger partial charge on any atom is -0.481 e. The summed E-state index contributed by atoms with van der Waals surface area (Å²) in [6, 6.07) is 5.75. The summed E-state index contributed by atoms with van der Waals surface area (Å²) in [5.74, 6) is 1.23. The number of pyridine rings is 1. The maximum absolute atomic E-state index is 5.93. The molecule has 0 aliphatic carbocycles. The number of hydrogen-bond donors (Lipinski definition) is 1. The minimum atomic E-state index is -0.0354. The van der Waals surface area contributed by atoms with Gasteiger partial charge in [0.25, 0.3) is 0 Å². The van der Waals surface area contributed by atoms with Crippen LogP contribution in [0.5, 0.6) is 5.88 Å². The standard InChI is InChI=1S/C12H19ClN2O/c1-4-12(2,9-13)14-8-10-6-5-7-11(15-10)16-3/h5-7,14H,4,8-9H2,1-3H3. The minimum absolute atomic E-state index is 0.0354. The van der Waals surface area contributed by atoms with E-state index in [1.165, 1.54) is 0 Å². The zero-order valence-corrected chi connectivity index (χ0v) is 10.8. The van der Waals surface area contributed by atoms with Crippen LogP contribution >= 0.6 is 11.6 Å². The molecule has 0 aromatic carbocycles. The molecule has 1 atom stereocenters. The van der Waals surface area contributed by atoms with Crippen LogP contribution in [0.1, 0.15) is 26.0 Å². The lowest BCUT2D eigenvalue weighted by Crippen LogP contribution is -2.43. The van der Waals surface area contributed by atoms with Crippen molar-refractivity contribution < 1.29 is 4.74 Å². The van der Waals surface area contributed by atoms with Gasteiger partial charge in [-0.05, 0) is 19.4 Å². The summed E-state index contributed by atoms with van der Waals surface area (Å²) in [5, 5.41) is 3.41. The van der Waals surface area contributed by atoms with Crippen LogP contribution in [0.2, 0.25) is 0 Å². The van der Waals surface area contributed by atoms with E-state index < -0.39 is 0 Å². The average Bonchev–Trinajstić information content (AvgIpc) is 2.36. The van der Waals surface area contributed by atoms with Crippen molar-refractivity contribution in [2.45, 2.75) is 32.4 Å². The normalized spacial score (nSPS) is 14.5. The second kappa shape index (κ2) is 6.06. The van der Waals surface area contributed by atoms with E-state index in [1.807, 2.05) is 18.2 Å². The van der Waals surface area contributed by atoms with Crippen molar-refractivity contribution in [2.75, 3.05) is 13.0 Å². The summed E-state index contributed by atoms with van der Waals surface area (Å²) in [6.07, 6.45) is 0.987. The maximum atomic E-state index is 5.93. The first kappa shape index (κ1) is 13.3. The Morgan fingerprint density at radius 3 is 2.81 bits per heavy atom. The van der Waals surface area contributed by atoms with E-state index in [2.05, 4.69) is 24.1 Å². The Labute approximate surface area is 102 Å². The van der Waals surface area contributed by atoms with Crippen LogP contribution in [0.15, 0.2) is 18.2 Å². The summed E-state index contributed by atoms with van der Waals surface area (Å²) < 4.78 is 5.07. The van der Waals surface area contributed by atoms with Gasteiger partial charge in [0.1, 0.15) is 0 Å². The number of halogens is 1. The third kappa shape index (κ3) is 3.65. The Balaban J connectivity index is 2.60. The van der Waals surface area contributed by atoms with Crippen molar-refractivity contribution in [2.24, 2.45) is 0 Å². The monoisotopic (exact) mass is 242 g/mol. The molecule has 16 heavy (non-hydrogen) atoms. The number of aromatic nitrogens is 1. The van der Waals surface area contributed by atoms with Crippen molar-refractivity contribution in [3.63, 3.8) is 0 Å². The third-order valence-corrected chi connectivity index (χ3v) is 3.35. The molecule has 4 heteroatoms. The van der Waals surface area contributed by atoms with E-state index in [1.54, 1.807) is 7.11 Å². The SMILES string of the molecule is CCC(C)(CCl)NCc1cccc(OC)n1. The van der Waals surface area contributed by atoms with Crippen molar-refractivity contribution in [3.8, 4) is 5.88 Å². The Hall–Kier alpha value is -0.800. The fraction of sp³-hybridized carbons (Fsp3) is 0.583. The van der Waals surface area contributed by atoms with Crippen LogP contribution in [0, 0.1) is 0 Å². The summed E-state index contributed by atoms with van der Waals surface area (Å²) in [6.45, 7) is 4.93. The molecule has 0 aliphatic heterocycles. The molecule has 90 valence electrons. The molecular weight excluding hydrogens is 224 g/mol. The Morgan fingerprint density at radius 2 is 2.25 bits per heavy atom. The maximum Gasteiger partial charge on any atom is 0.213 e. The number of hydrogen-bond acceptors (Lipinski definition) is 3.